The summed E-state index contributed by atoms with van der Waals surface area (Å²) < 4.78 is 38.2. The Morgan fingerprint density at radius 1 is 0.939 bits per heavy atom. The number of hydrogen-bond donors (Lipinski definition) is 2. The Hall–Kier alpha value is -3.23. The summed E-state index contributed by atoms with van der Waals surface area (Å²) >= 11 is 6.30. The quantitative estimate of drug-likeness (QED) is 0.467. The van der Waals surface area contributed by atoms with Gasteiger partial charge in [-0.2, -0.15) is 0 Å². The zero-order chi connectivity index (χ0) is 24.2. The maximum absolute atomic E-state index is 12.8. The topological polar surface area (TPSA) is 93.7 Å². The van der Waals surface area contributed by atoms with Crippen LogP contribution >= 0.6 is 11.6 Å². The molecular formula is C24H25ClN2O5S. The zero-order valence-electron chi connectivity index (χ0n) is 18.7. The van der Waals surface area contributed by atoms with Gasteiger partial charge in [-0.3, -0.25) is 9.52 Å². The molecule has 7 nitrogen and oxygen atoms in total. The van der Waals surface area contributed by atoms with Crippen LogP contribution in [-0.4, -0.2) is 28.5 Å². The fourth-order valence-electron chi connectivity index (χ4n) is 3.17. The van der Waals surface area contributed by atoms with Crippen LogP contribution in [0.25, 0.3) is 0 Å². The maximum atomic E-state index is 12.8. The second-order valence-electron chi connectivity index (χ2n) is 7.42. The molecule has 0 aliphatic rings. The van der Waals surface area contributed by atoms with Gasteiger partial charge in [0.1, 0.15) is 0 Å². The second kappa shape index (κ2) is 10.1. The largest absolute Gasteiger partial charge is 0.493 e. The molecule has 1 atom stereocenters. The predicted molar refractivity (Wildman–Crippen MR) is 129 cm³/mol. The summed E-state index contributed by atoms with van der Waals surface area (Å²) in [7, 11) is -0.687. The van der Waals surface area contributed by atoms with Crippen molar-refractivity contribution in [2.45, 2.75) is 24.8 Å². The summed E-state index contributed by atoms with van der Waals surface area (Å²) in [5, 5.41) is 3.00. The van der Waals surface area contributed by atoms with Gasteiger partial charge in [0.2, 0.25) is 0 Å². The number of hydrogen-bond acceptors (Lipinski definition) is 5. The van der Waals surface area contributed by atoms with Crippen molar-refractivity contribution in [1.29, 1.82) is 0 Å². The Bertz CT molecular complexity index is 1260. The Balaban J connectivity index is 1.74. The number of methoxy groups -OCH3 is 2. The molecule has 0 aliphatic carbocycles. The first-order chi connectivity index (χ1) is 15.6. The Labute approximate surface area is 198 Å². The third kappa shape index (κ3) is 5.77. The SMILES string of the molecule is COc1ccc([C@H](C)NC(=O)c2ccc(NS(=O)(=O)c3ccc(C)cc3)cc2Cl)cc1OC. The molecule has 0 unspecified atom stereocenters. The van der Waals surface area contributed by atoms with Crippen LogP contribution in [0.5, 0.6) is 11.5 Å². The molecule has 0 saturated heterocycles. The van der Waals surface area contributed by atoms with Crippen molar-refractivity contribution in [2.75, 3.05) is 18.9 Å². The third-order valence-corrected chi connectivity index (χ3v) is 6.76. The number of anilines is 1. The number of rotatable bonds is 8. The minimum atomic E-state index is -3.78. The summed E-state index contributed by atoms with van der Waals surface area (Å²) in [6.07, 6.45) is 0. The van der Waals surface area contributed by atoms with Gasteiger partial charge in [0.15, 0.2) is 11.5 Å². The molecule has 9 heteroatoms. The van der Waals surface area contributed by atoms with Crippen molar-refractivity contribution in [1.82, 2.24) is 5.32 Å². The number of sulfonamides is 1. The van der Waals surface area contributed by atoms with Gasteiger partial charge in [0, 0.05) is 0 Å². The Kier molecular flexibility index (Phi) is 7.50. The zero-order valence-corrected chi connectivity index (χ0v) is 20.3. The van der Waals surface area contributed by atoms with E-state index in [1.165, 1.54) is 30.3 Å². The van der Waals surface area contributed by atoms with Crippen molar-refractivity contribution in [3.05, 3.63) is 82.4 Å². The third-order valence-electron chi connectivity index (χ3n) is 5.05. The average Bonchev–Trinajstić information content (AvgIpc) is 2.78. The molecule has 3 aromatic carbocycles. The van der Waals surface area contributed by atoms with E-state index in [1.807, 2.05) is 19.9 Å². The van der Waals surface area contributed by atoms with Gasteiger partial charge in [-0.1, -0.05) is 35.4 Å². The fourth-order valence-corrected chi connectivity index (χ4v) is 4.49. The van der Waals surface area contributed by atoms with Crippen LogP contribution in [0.2, 0.25) is 5.02 Å². The van der Waals surface area contributed by atoms with Crippen molar-refractivity contribution in [3.63, 3.8) is 0 Å². The highest BCUT2D eigenvalue weighted by molar-refractivity contribution is 7.92. The van der Waals surface area contributed by atoms with E-state index in [0.29, 0.717) is 11.5 Å². The highest BCUT2D eigenvalue weighted by Crippen LogP contribution is 2.30. The molecule has 0 aliphatic heterocycles. The van der Waals surface area contributed by atoms with Gasteiger partial charge in [-0.15, -0.1) is 0 Å². The highest BCUT2D eigenvalue weighted by atomic mass is 35.5. The van der Waals surface area contributed by atoms with Crippen molar-refractivity contribution in [3.8, 4) is 11.5 Å². The molecule has 3 aromatic rings. The lowest BCUT2D eigenvalue weighted by atomic mass is 10.1. The monoisotopic (exact) mass is 488 g/mol. The number of carbonyl (C=O) groups excluding carboxylic acids is 1. The van der Waals surface area contributed by atoms with E-state index in [0.717, 1.165) is 11.1 Å². The molecule has 0 spiro atoms. The Morgan fingerprint density at radius 2 is 1.61 bits per heavy atom. The molecule has 3 rings (SSSR count). The molecule has 0 heterocycles. The number of ether oxygens (including phenoxy) is 2. The van der Waals surface area contributed by atoms with E-state index in [9.17, 15) is 13.2 Å². The number of amides is 1. The van der Waals surface area contributed by atoms with Crippen molar-refractivity contribution < 1.29 is 22.7 Å². The van der Waals surface area contributed by atoms with Crippen LogP contribution < -0.4 is 19.5 Å². The molecule has 0 radical (unpaired) electrons. The van der Waals surface area contributed by atoms with E-state index in [2.05, 4.69) is 10.0 Å². The van der Waals surface area contributed by atoms with E-state index in [1.54, 1.807) is 38.5 Å². The average molecular weight is 489 g/mol. The number of carbonyl (C=O) groups is 1. The van der Waals surface area contributed by atoms with Gasteiger partial charge in [0.05, 0.1) is 41.4 Å². The van der Waals surface area contributed by atoms with Crippen LogP contribution in [0, 0.1) is 6.92 Å². The summed E-state index contributed by atoms with van der Waals surface area (Å²) in [6.45, 7) is 3.70. The minimum absolute atomic E-state index is 0.121. The smallest absolute Gasteiger partial charge is 0.261 e. The van der Waals surface area contributed by atoms with Gasteiger partial charge in [-0.25, -0.2) is 8.42 Å². The first kappa shape index (κ1) is 24.4. The predicted octanol–water partition coefficient (Wildman–Crippen LogP) is 4.96. The lowest BCUT2D eigenvalue weighted by Gasteiger charge is -2.17. The summed E-state index contributed by atoms with van der Waals surface area (Å²) in [6, 6.07) is 15.9. The van der Waals surface area contributed by atoms with E-state index in [4.69, 9.17) is 21.1 Å². The number of nitrogens with one attached hydrogen (secondary N) is 2. The van der Waals surface area contributed by atoms with Gasteiger partial charge >= 0.3 is 0 Å². The van der Waals surface area contributed by atoms with Crippen LogP contribution in [0.4, 0.5) is 5.69 Å². The molecular weight excluding hydrogens is 464 g/mol. The molecule has 0 fully saturated rings. The van der Waals surface area contributed by atoms with Crippen LogP contribution in [-0.2, 0) is 10.0 Å². The fraction of sp³-hybridized carbons (Fsp3) is 0.208. The van der Waals surface area contributed by atoms with Crippen LogP contribution in [0.15, 0.2) is 65.6 Å². The summed E-state index contributed by atoms with van der Waals surface area (Å²) in [5.74, 6) is 0.751. The molecule has 2 N–H and O–H groups in total. The first-order valence-electron chi connectivity index (χ1n) is 10.1. The molecule has 0 bridgehead atoms. The number of benzene rings is 3. The highest BCUT2D eigenvalue weighted by Gasteiger charge is 2.18. The van der Waals surface area contributed by atoms with Gasteiger partial charge in [0.25, 0.3) is 15.9 Å². The molecule has 174 valence electrons. The van der Waals surface area contributed by atoms with Crippen LogP contribution in [0.1, 0.15) is 34.5 Å². The van der Waals surface area contributed by atoms with E-state index < -0.39 is 15.9 Å². The standard InChI is InChI=1S/C24H25ClN2O5S/c1-15-5-9-19(10-6-15)33(29,30)27-18-8-11-20(21(25)14-18)24(28)26-16(2)17-7-12-22(31-3)23(13-17)32-4/h5-14,16,27H,1-4H3,(H,26,28)/t16-/m0/s1. The summed E-state index contributed by atoms with van der Waals surface area (Å²) in [4.78, 5) is 12.9. The van der Waals surface area contributed by atoms with Gasteiger partial charge in [-0.05, 0) is 61.9 Å². The Morgan fingerprint density at radius 3 is 2.21 bits per heavy atom. The lowest BCUT2D eigenvalue weighted by Crippen LogP contribution is -2.27. The lowest BCUT2D eigenvalue weighted by molar-refractivity contribution is 0.0940. The van der Waals surface area contributed by atoms with Crippen molar-refractivity contribution in [2.24, 2.45) is 0 Å². The molecule has 33 heavy (non-hydrogen) atoms. The summed E-state index contributed by atoms with van der Waals surface area (Å²) in [5.41, 5.74) is 2.25. The van der Waals surface area contributed by atoms with Crippen LogP contribution in [0.3, 0.4) is 0 Å². The maximum Gasteiger partial charge on any atom is 0.261 e. The molecule has 0 aromatic heterocycles. The second-order valence-corrected chi connectivity index (χ2v) is 9.51. The number of halogens is 1. The normalized spacial score (nSPS) is 12.0. The molecule has 1 amide bonds. The van der Waals surface area contributed by atoms with Crippen molar-refractivity contribution >= 4 is 33.2 Å². The molecule has 0 saturated carbocycles. The van der Waals surface area contributed by atoms with Gasteiger partial charge < -0.3 is 14.8 Å². The first-order valence-corrected chi connectivity index (χ1v) is 11.9. The van der Waals surface area contributed by atoms with E-state index in [-0.39, 0.29) is 27.2 Å². The minimum Gasteiger partial charge on any atom is -0.493 e. The van der Waals surface area contributed by atoms with E-state index >= 15 is 0 Å². The number of aryl methyl sites for hydroxylation is 1.